The fourth-order valence-corrected chi connectivity index (χ4v) is 2.76. The van der Waals surface area contributed by atoms with Crippen LogP contribution in [0.1, 0.15) is 40.2 Å². The summed E-state index contributed by atoms with van der Waals surface area (Å²) in [4.78, 5) is 34.8. The fourth-order valence-electron chi connectivity index (χ4n) is 2.76. The summed E-state index contributed by atoms with van der Waals surface area (Å²) in [6.45, 7) is 5.17. The number of aromatic nitrogens is 2. The second kappa shape index (κ2) is 7.81. The molecule has 0 saturated carbocycles. The standard InChI is InChI=1S/C18H22N4O4/c1-10(16-11(2)21-22(4)12(16)3)17(25)20-14-7-5-13(6-8-14)18(26)19-9-15(23)24/h5-8,10H,9H2,1-4H3,(H,19,26)(H,20,25)(H,23,24). The van der Waals surface area contributed by atoms with Crippen molar-refractivity contribution in [1.82, 2.24) is 15.1 Å². The van der Waals surface area contributed by atoms with Gasteiger partial charge in [-0.25, -0.2) is 0 Å². The normalized spacial score (nSPS) is 11.7. The van der Waals surface area contributed by atoms with Crippen LogP contribution in [0.2, 0.25) is 0 Å². The number of amides is 2. The van der Waals surface area contributed by atoms with Crippen LogP contribution in [0.4, 0.5) is 5.69 Å². The van der Waals surface area contributed by atoms with E-state index in [2.05, 4.69) is 15.7 Å². The van der Waals surface area contributed by atoms with Gasteiger partial charge >= 0.3 is 5.97 Å². The Hall–Kier alpha value is -3.16. The summed E-state index contributed by atoms with van der Waals surface area (Å²) in [5.74, 6) is -2.15. The molecule has 138 valence electrons. The molecule has 0 aliphatic carbocycles. The fraction of sp³-hybridized carbons (Fsp3) is 0.333. The highest BCUT2D eigenvalue weighted by Gasteiger charge is 2.22. The van der Waals surface area contributed by atoms with Gasteiger partial charge in [-0.3, -0.25) is 19.1 Å². The van der Waals surface area contributed by atoms with Crippen LogP contribution in [0.3, 0.4) is 0 Å². The molecule has 1 unspecified atom stereocenters. The highest BCUT2D eigenvalue weighted by atomic mass is 16.4. The molecule has 2 aromatic rings. The predicted octanol–water partition coefficient (Wildman–Crippen LogP) is 1.59. The van der Waals surface area contributed by atoms with Crippen molar-refractivity contribution in [1.29, 1.82) is 0 Å². The summed E-state index contributed by atoms with van der Waals surface area (Å²) in [6.07, 6.45) is 0. The molecule has 3 N–H and O–H groups in total. The number of hydrogen-bond acceptors (Lipinski definition) is 4. The molecule has 1 aromatic heterocycles. The summed E-state index contributed by atoms with van der Waals surface area (Å²) in [5, 5.41) is 18.0. The smallest absolute Gasteiger partial charge is 0.322 e. The summed E-state index contributed by atoms with van der Waals surface area (Å²) in [6, 6.07) is 6.25. The molecule has 2 rings (SSSR count). The van der Waals surface area contributed by atoms with Gasteiger partial charge in [0.2, 0.25) is 5.91 Å². The molecular weight excluding hydrogens is 336 g/mol. The summed E-state index contributed by atoms with van der Waals surface area (Å²) < 4.78 is 1.75. The lowest BCUT2D eigenvalue weighted by Crippen LogP contribution is -2.29. The summed E-state index contributed by atoms with van der Waals surface area (Å²) in [7, 11) is 1.84. The maximum Gasteiger partial charge on any atom is 0.322 e. The molecule has 0 aliphatic rings. The first-order chi connectivity index (χ1) is 12.2. The van der Waals surface area contributed by atoms with Crippen LogP contribution in [0, 0.1) is 13.8 Å². The van der Waals surface area contributed by atoms with E-state index in [0.29, 0.717) is 11.3 Å². The number of rotatable bonds is 6. The van der Waals surface area contributed by atoms with Crippen LogP contribution in [0.5, 0.6) is 0 Å². The maximum absolute atomic E-state index is 12.5. The number of hydrogen-bond donors (Lipinski definition) is 3. The van der Waals surface area contributed by atoms with E-state index in [1.165, 1.54) is 12.1 Å². The Bertz CT molecular complexity index is 840. The lowest BCUT2D eigenvalue weighted by Gasteiger charge is -2.13. The number of nitrogens with one attached hydrogen (secondary N) is 2. The zero-order valence-corrected chi connectivity index (χ0v) is 15.2. The van der Waals surface area contributed by atoms with Crippen molar-refractivity contribution in [3.63, 3.8) is 0 Å². The van der Waals surface area contributed by atoms with Crippen molar-refractivity contribution < 1.29 is 19.5 Å². The minimum absolute atomic E-state index is 0.174. The Kier molecular flexibility index (Phi) is 5.76. The van der Waals surface area contributed by atoms with Crippen LogP contribution < -0.4 is 10.6 Å². The molecule has 8 nitrogen and oxygen atoms in total. The molecule has 26 heavy (non-hydrogen) atoms. The van der Waals surface area contributed by atoms with Crippen LogP contribution in [0.15, 0.2) is 24.3 Å². The predicted molar refractivity (Wildman–Crippen MR) is 96.1 cm³/mol. The minimum Gasteiger partial charge on any atom is -0.480 e. The molecule has 0 fully saturated rings. The zero-order valence-electron chi connectivity index (χ0n) is 15.2. The Morgan fingerprint density at radius 3 is 2.31 bits per heavy atom. The lowest BCUT2D eigenvalue weighted by atomic mass is 9.98. The van der Waals surface area contributed by atoms with Gasteiger partial charge in [0.05, 0.1) is 11.6 Å². The van der Waals surface area contributed by atoms with Crippen LogP contribution >= 0.6 is 0 Å². The van der Waals surface area contributed by atoms with Crippen molar-refractivity contribution in [2.75, 3.05) is 11.9 Å². The summed E-state index contributed by atoms with van der Waals surface area (Å²) >= 11 is 0. The molecule has 0 saturated heterocycles. The molecule has 8 heteroatoms. The summed E-state index contributed by atoms with van der Waals surface area (Å²) in [5.41, 5.74) is 3.52. The van der Waals surface area contributed by atoms with Gasteiger partial charge in [0.1, 0.15) is 6.54 Å². The van der Waals surface area contributed by atoms with Gasteiger partial charge in [-0.05, 0) is 45.0 Å². The zero-order chi connectivity index (χ0) is 19.4. The van der Waals surface area contributed by atoms with Crippen LogP contribution in [-0.2, 0) is 16.6 Å². The second-order valence-corrected chi connectivity index (χ2v) is 6.07. The van der Waals surface area contributed by atoms with Gasteiger partial charge in [0.15, 0.2) is 0 Å². The maximum atomic E-state index is 12.5. The van der Waals surface area contributed by atoms with E-state index in [1.807, 2.05) is 27.8 Å². The van der Waals surface area contributed by atoms with Crippen molar-refractivity contribution in [3.8, 4) is 0 Å². The van der Waals surface area contributed by atoms with Crippen molar-refractivity contribution in [3.05, 3.63) is 46.8 Å². The average Bonchev–Trinajstić information content (AvgIpc) is 2.84. The van der Waals surface area contributed by atoms with Gasteiger partial charge in [-0.1, -0.05) is 0 Å². The number of carbonyl (C=O) groups is 3. The molecule has 1 heterocycles. The number of carbonyl (C=O) groups excluding carboxylic acids is 2. The van der Waals surface area contributed by atoms with E-state index in [-0.39, 0.29) is 11.8 Å². The molecule has 2 amide bonds. The van der Waals surface area contributed by atoms with E-state index in [4.69, 9.17) is 5.11 Å². The first-order valence-electron chi connectivity index (χ1n) is 8.11. The number of aryl methyl sites for hydroxylation is 2. The minimum atomic E-state index is -1.11. The number of carboxylic acid groups (broad SMARTS) is 1. The van der Waals surface area contributed by atoms with E-state index in [0.717, 1.165) is 17.0 Å². The van der Waals surface area contributed by atoms with Crippen molar-refractivity contribution in [2.24, 2.45) is 7.05 Å². The van der Waals surface area contributed by atoms with Crippen LogP contribution in [-0.4, -0.2) is 39.2 Å². The number of anilines is 1. The molecular formula is C18H22N4O4. The first kappa shape index (κ1) is 19.2. The van der Waals surface area contributed by atoms with Crippen molar-refractivity contribution >= 4 is 23.5 Å². The highest BCUT2D eigenvalue weighted by Crippen LogP contribution is 2.24. The van der Waals surface area contributed by atoms with Gasteiger partial charge in [-0.2, -0.15) is 5.10 Å². The molecule has 1 atom stereocenters. The number of aliphatic carboxylic acids is 1. The van der Waals surface area contributed by atoms with E-state index >= 15 is 0 Å². The third kappa shape index (κ3) is 4.27. The van der Waals surface area contributed by atoms with Crippen molar-refractivity contribution in [2.45, 2.75) is 26.7 Å². The number of benzene rings is 1. The number of carboxylic acids is 1. The lowest BCUT2D eigenvalue weighted by molar-refractivity contribution is -0.135. The van der Waals surface area contributed by atoms with Gasteiger partial charge < -0.3 is 15.7 Å². The molecule has 1 aromatic carbocycles. The molecule has 0 radical (unpaired) electrons. The molecule has 0 aliphatic heterocycles. The van der Waals surface area contributed by atoms with E-state index in [1.54, 1.807) is 16.8 Å². The largest absolute Gasteiger partial charge is 0.480 e. The second-order valence-electron chi connectivity index (χ2n) is 6.07. The quantitative estimate of drug-likeness (QED) is 0.726. The molecule has 0 spiro atoms. The van der Waals surface area contributed by atoms with E-state index in [9.17, 15) is 14.4 Å². The Labute approximate surface area is 151 Å². The number of nitrogens with zero attached hydrogens (tertiary/aromatic N) is 2. The Morgan fingerprint density at radius 1 is 1.19 bits per heavy atom. The van der Waals surface area contributed by atoms with Gasteiger partial charge in [0.25, 0.3) is 5.91 Å². The van der Waals surface area contributed by atoms with E-state index < -0.39 is 18.4 Å². The van der Waals surface area contributed by atoms with Gasteiger partial charge in [0, 0.05) is 29.6 Å². The van der Waals surface area contributed by atoms with Gasteiger partial charge in [-0.15, -0.1) is 0 Å². The topological polar surface area (TPSA) is 113 Å². The average molecular weight is 358 g/mol. The Morgan fingerprint density at radius 2 is 1.81 bits per heavy atom. The first-order valence-corrected chi connectivity index (χ1v) is 8.11. The third-order valence-electron chi connectivity index (χ3n) is 4.21. The SMILES string of the molecule is Cc1nn(C)c(C)c1C(C)C(=O)Nc1ccc(C(=O)NCC(=O)O)cc1. The third-order valence-corrected chi connectivity index (χ3v) is 4.21. The molecule has 0 bridgehead atoms. The highest BCUT2D eigenvalue weighted by molar-refractivity contribution is 5.98. The Balaban J connectivity index is 2.05. The van der Waals surface area contributed by atoms with Crippen LogP contribution in [0.25, 0.3) is 0 Å². The monoisotopic (exact) mass is 358 g/mol.